The highest BCUT2D eigenvalue weighted by Gasteiger charge is 2.13. The van der Waals surface area contributed by atoms with E-state index in [1.165, 1.54) is 0 Å². The SMILES string of the molecule is Cc1cc(C(=O)Nc2ccc(Cl)cc2Cl)c(C)s1. The van der Waals surface area contributed by atoms with Crippen molar-refractivity contribution in [1.29, 1.82) is 0 Å². The number of carbonyl (C=O) groups is 1. The van der Waals surface area contributed by atoms with Crippen molar-refractivity contribution in [3.05, 3.63) is 49.6 Å². The van der Waals surface area contributed by atoms with Crippen LogP contribution in [0.4, 0.5) is 5.69 Å². The first-order valence-electron chi connectivity index (χ1n) is 5.31. The van der Waals surface area contributed by atoms with Crippen molar-refractivity contribution in [2.24, 2.45) is 0 Å². The van der Waals surface area contributed by atoms with Gasteiger partial charge in [-0.1, -0.05) is 23.2 Å². The van der Waals surface area contributed by atoms with Gasteiger partial charge >= 0.3 is 0 Å². The Hall–Kier alpha value is -1.03. The third-order valence-corrected chi connectivity index (χ3v) is 3.98. The van der Waals surface area contributed by atoms with E-state index in [0.29, 0.717) is 21.3 Å². The molecule has 1 aromatic heterocycles. The number of hydrogen-bond acceptors (Lipinski definition) is 2. The predicted octanol–water partition coefficient (Wildman–Crippen LogP) is 4.92. The minimum Gasteiger partial charge on any atom is -0.321 e. The van der Waals surface area contributed by atoms with E-state index in [9.17, 15) is 4.79 Å². The smallest absolute Gasteiger partial charge is 0.256 e. The second-order valence-electron chi connectivity index (χ2n) is 3.91. The van der Waals surface area contributed by atoms with Crippen LogP contribution in [-0.2, 0) is 0 Å². The standard InChI is InChI=1S/C13H11Cl2NOS/c1-7-5-10(8(2)18-7)13(17)16-12-4-3-9(14)6-11(12)15/h3-6H,1-2H3,(H,16,17). The maximum atomic E-state index is 12.1. The summed E-state index contributed by atoms with van der Waals surface area (Å²) in [5, 5.41) is 3.76. The molecular formula is C13H11Cl2NOS. The number of aryl methyl sites for hydroxylation is 2. The van der Waals surface area contributed by atoms with Gasteiger partial charge in [-0.2, -0.15) is 0 Å². The van der Waals surface area contributed by atoms with Crippen LogP contribution in [0.1, 0.15) is 20.1 Å². The molecule has 18 heavy (non-hydrogen) atoms. The Labute approximate surface area is 120 Å². The van der Waals surface area contributed by atoms with Gasteiger partial charge < -0.3 is 5.32 Å². The molecule has 2 aromatic rings. The minimum atomic E-state index is -0.152. The largest absolute Gasteiger partial charge is 0.321 e. The van der Waals surface area contributed by atoms with Crippen molar-refractivity contribution in [1.82, 2.24) is 0 Å². The Morgan fingerprint density at radius 2 is 1.94 bits per heavy atom. The molecule has 5 heteroatoms. The van der Waals surface area contributed by atoms with Gasteiger partial charge in [0, 0.05) is 14.8 Å². The van der Waals surface area contributed by atoms with Crippen molar-refractivity contribution in [3.63, 3.8) is 0 Å². The first-order valence-corrected chi connectivity index (χ1v) is 6.88. The van der Waals surface area contributed by atoms with Gasteiger partial charge in [0.1, 0.15) is 0 Å². The van der Waals surface area contributed by atoms with E-state index in [1.54, 1.807) is 29.5 Å². The molecule has 0 aliphatic heterocycles. The maximum Gasteiger partial charge on any atom is 0.256 e. The van der Waals surface area contributed by atoms with Crippen molar-refractivity contribution in [3.8, 4) is 0 Å². The lowest BCUT2D eigenvalue weighted by atomic mass is 10.2. The molecule has 0 aliphatic rings. The van der Waals surface area contributed by atoms with Crippen LogP contribution in [0.5, 0.6) is 0 Å². The van der Waals surface area contributed by atoms with E-state index >= 15 is 0 Å². The highest BCUT2D eigenvalue weighted by Crippen LogP contribution is 2.27. The van der Waals surface area contributed by atoms with Crippen LogP contribution >= 0.6 is 34.5 Å². The van der Waals surface area contributed by atoms with Crippen LogP contribution in [0.3, 0.4) is 0 Å². The summed E-state index contributed by atoms with van der Waals surface area (Å²) < 4.78 is 0. The summed E-state index contributed by atoms with van der Waals surface area (Å²) in [6, 6.07) is 6.86. The molecule has 94 valence electrons. The van der Waals surface area contributed by atoms with E-state index in [-0.39, 0.29) is 5.91 Å². The fourth-order valence-electron chi connectivity index (χ4n) is 1.64. The molecule has 0 radical (unpaired) electrons. The maximum absolute atomic E-state index is 12.1. The first-order chi connectivity index (χ1) is 8.47. The molecule has 0 atom stereocenters. The summed E-state index contributed by atoms with van der Waals surface area (Å²) in [5.74, 6) is -0.152. The van der Waals surface area contributed by atoms with Gasteiger partial charge in [0.2, 0.25) is 0 Å². The molecule has 1 heterocycles. The quantitative estimate of drug-likeness (QED) is 0.837. The Morgan fingerprint density at radius 3 is 2.50 bits per heavy atom. The summed E-state index contributed by atoms with van der Waals surface area (Å²) in [5.41, 5.74) is 1.25. The van der Waals surface area contributed by atoms with Crippen molar-refractivity contribution < 1.29 is 4.79 Å². The Morgan fingerprint density at radius 1 is 1.22 bits per heavy atom. The van der Waals surface area contributed by atoms with E-state index in [2.05, 4.69) is 5.32 Å². The first kappa shape index (κ1) is 13.4. The van der Waals surface area contributed by atoms with Gasteiger partial charge in [0.05, 0.1) is 16.3 Å². The summed E-state index contributed by atoms with van der Waals surface area (Å²) >= 11 is 13.4. The second-order valence-corrected chi connectivity index (χ2v) is 6.21. The van der Waals surface area contributed by atoms with Crippen molar-refractivity contribution >= 4 is 46.1 Å². The summed E-state index contributed by atoms with van der Waals surface area (Å²) in [4.78, 5) is 14.2. The van der Waals surface area contributed by atoms with Gasteiger partial charge in [0.15, 0.2) is 0 Å². The highest BCUT2D eigenvalue weighted by molar-refractivity contribution is 7.12. The van der Waals surface area contributed by atoms with Gasteiger partial charge in [0.25, 0.3) is 5.91 Å². The fraction of sp³-hybridized carbons (Fsp3) is 0.154. The third kappa shape index (κ3) is 2.86. The number of nitrogens with one attached hydrogen (secondary N) is 1. The van der Waals surface area contributed by atoms with Gasteiger partial charge in [-0.3, -0.25) is 4.79 Å². The number of amides is 1. The lowest BCUT2D eigenvalue weighted by molar-refractivity contribution is 0.102. The van der Waals surface area contributed by atoms with Crippen LogP contribution in [0.2, 0.25) is 10.0 Å². The molecule has 0 fully saturated rings. The van der Waals surface area contributed by atoms with Crippen LogP contribution < -0.4 is 5.32 Å². The number of hydrogen-bond donors (Lipinski definition) is 1. The highest BCUT2D eigenvalue weighted by atomic mass is 35.5. The molecule has 1 aromatic carbocycles. The number of thiophene rings is 1. The lowest BCUT2D eigenvalue weighted by Crippen LogP contribution is -2.12. The van der Waals surface area contributed by atoms with E-state index in [4.69, 9.17) is 23.2 Å². The van der Waals surface area contributed by atoms with Crippen molar-refractivity contribution in [2.45, 2.75) is 13.8 Å². The zero-order valence-electron chi connectivity index (χ0n) is 9.88. The molecular weight excluding hydrogens is 289 g/mol. The number of rotatable bonds is 2. The van der Waals surface area contributed by atoms with Gasteiger partial charge in [-0.05, 0) is 38.1 Å². The van der Waals surface area contributed by atoms with Crippen LogP contribution in [-0.4, -0.2) is 5.91 Å². The van der Waals surface area contributed by atoms with Gasteiger partial charge in [-0.25, -0.2) is 0 Å². The predicted molar refractivity (Wildman–Crippen MR) is 78.2 cm³/mol. The van der Waals surface area contributed by atoms with Crippen LogP contribution in [0, 0.1) is 13.8 Å². The van der Waals surface area contributed by atoms with E-state index in [1.807, 2.05) is 19.9 Å². The Bertz CT molecular complexity index is 607. The summed E-state index contributed by atoms with van der Waals surface area (Å²) in [7, 11) is 0. The Kier molecular flexibility index (Phi) is 3.95. The zero-order valence-corrected chi connectivity index (χ0v) is 12.2. The minimum absolute atomic E-state index is 0.152. The van der Waals surface area contributed by atoms with E-state index in [0.717, 1.165) is 9.75 Å². The zero-order chi connectivity index (χ0) is 13.3. The monoisotopic (exact) mass is 299 g/mol. The molecule has 0 bridgehead atoms. The molecule has 1 N–H and O–H groups in total. The molecule has 0 saturated heterocycles. The summed E-state index contributed by atoms with van der Waals surface area (Å²) in [6.45, 7) is 3.90. The van der Waals surface area contributed by atoms with Crippen LogP contribution in [0.15, 0.2) is 24.3 Å². The van der Waals surface area contributed by atoms with Crippen molar-refractivity contribution in [2.75, 3.05) is 5.32 Å². The molecule has 1 amide bonds. The normalized spacial score (nSPS) is 10.4. The third-order valence-electron chi connectivity index (χ3n) is 2.46. The molecule has 0 aliphatic carbocycles. The van der Waals surface area contributed by atoms with Gasteiger partial charge in [-0.15, -0.1) is 11.3 Å². The lowest BCUT2D eigenvalue weighted by Gasteiger charge is -2.07. The molecule has 0 saturated carbocycles. The van der Waals surface area contributed by atoms with Crippen LogP contribution in [0.25, 0.3) is 0 Å². The average Bonchev–Trinajstić information content (AvgIpc) is 2.62. The summed E-state index contributed by atoms with van der Waals surface area (Å²) in [6.07, 6.45) is 0. The number of carbonyl (C=O) groups excluding carboxylic acids is 1. The van der Waals surface area contributed by atoms with E-state index < -0.39 is 0 Å². The molecule has 2 rings (SSSR count). The molecule has 0 unspecified atom stereocenters. The fourth-order valence-corrected chi connectivity index (χ4v) is 3.01. The number of benzene rings is 1. The Balaban J connectivity index is 2.24. The molecule has 2 nitrogen and oxygen atoms in total. The second kappa shape index (κ2) is 5.31. The number of halogens is 2. The molecule has 0 spiro atoms. The average molecular weight is 300 g/mol. The topological polar surface area (TPSA) is 29.1 Å². The number of anilines is 1.